The third-order valence-corrected chi connectivity index (χ3v) is 7.39. The van der Waals surface area contributed by atoms with Crippen molar-refractivity contribution < 1.29 is 17.9 Å². The van der Waals surface area contributed by atoms with Crippen molar-refractivity contribution in [3.63, 3.8) is 0 Å². The van der Waals surface area contributed by atoms with Crippen molar-refractivity contribution in [2.75, 3.05) is 26.2 Å². The molecule has 9 heteroatoms. The first-order valence-corrected chi connectivity index (χ1v) is 12.1. The van der Waals surface area contributed by atoms with Crippen LogP contribution in [-0.2, 0) is 20.6 Å². The number of amides is 1. The molecule has 0 spiro atoms. The minimum atomic E-state index is -3.43. The van der Waals surface area contributed by atoms with Crippen molar-refractivity contribution >= 4 is 39.1 Å². The van der Waals surface area contributed by atoms with Gasteiger partial charge in [-0.3, -0.25) is 4.79 Å². The van der Waals surface area contributed by atoms with Crippen LogP contribution in [0.2, 0.25) is 10.0 Å². The number of rotatable bonds is 8. The Balaban J connectivity index is 1.41. The summed E-state index contributed by atoms with van der Waals surface area (Å²) in [6.07, 6.45) is 0.994. The van der Waals surface area contributed by atoms with Crippen molar-refractivity contribution in [1.82, 2.24) is 9.62 Å². The zero-order valence-electron chi connectivity index (χ0n) is 16.4. The van der Waals surface area contributed by atoms with Crippen LogP contribution in [0.25, 0.3) is 0 Å². The highest BCUT2D eigenvalue weighted by atomic mass is 35.5. The third kappa shape index (κ3) is 6.35. The van der Waals surface area contributed by atoms with Gasteiger partial charge in [0.2, 0.25) is 15.9 Å². The van der Waals surface area contributed by atoms with Crippen LogP contribution in [0.4, 0.5) is 0 Å². The van der Waals surface area contributed by atoms with Crippen LogP contribution in [0, 0.1) is 5.92 Å². The molecule has 0 radical (unpaired) electrons. The molecule has 0 atom stereocenters. The van der Waals surface area contributed by atoms with Gasteiger partial charge in [-0.2, -0.15) is 0 Å². The molecular weight excluding hydrogens is 447 g/mol. The predicted molar refractivity (Wildman–Crippen MR) is 118 cm³/mol. The number of benzene rings is 2. The molecule has 1 aliphatic rings. The molecule has 1 N–H and O–H groups in total. The molecule has 2 aromatic carbocycles. The maximum absolute atomic E-state index is 12.7. The third-order valence-electron chi connectivity index (χ3n) is 4.98. The van der Waals surface area contributed by atoms with Gasteiger partial charge in [0.15, 0.2) is 0 Å². The molecule has 6 nitrogen and oxygen atoms in total. The van der Waals surface area contributed by atoms with Gasteiger partial charge in [-0.15, -0.1) is 0 Å². The molecule has 1 heterocycles. The van der Waals surface area contributed by atoms with Gasteiger partial charge in [0.25, 0.3) is 0 Å². The largest absolute Gasteiger partial charge is 0.490 e. The number of piperidine rings is 1. The predicted octanol–water partition coefficient (Wildman–Crippen LogP) is 3.73. The standard InChI is InChI=1S/C21H24Cl2N2O4S/c22-18-7-5-16(6-8-18)15-30(27,28)25-12-9-17(10-13-25)21(26)24-11-14-29-20-4-2-1-3-19(20)23/h1-8,17H,9-15H2,(H,24,26). The van der Waals surface area contributed by atoms with E-state index in [0.29, 0.717) is 60.4 Å². The second-order valence-corrected chi connectivity index (χ2v) is 9.94. The quantitative estimate of drug-likeness (QED) is 0.596. The van der Waals surface area contributed by atoms with Crippen molar-refractivity contribution in [2.24, 2.45) is 5.92 Å². The van der Waals surface area contributed by atoms with Gasteiger partial charge in [0.1, 0.15) is 12.4 Å². The topological polar surface area (TPSA) is 75.7 Å². The molecule has 0 saturated carbocycles. The Kier molecular flexibility index (Phi) is 7.99. The van der Waals surface area contributed by atoms with E-state index in [9.17, 15) is 13.2 Å². The number of nitrogens with one attached hydrogen (secondary N) is 1. The fraction of sp³-hybridized carbons (Fsp3) is 0.381. The number of hydrogen-bond donors (Lipinski definition) is 1. The van der Waals surface area contributed by atoms with Crippen LogP contribution < -0.4 is 10.1 Å². The summed E-state index contributed by atoms with van der Waals surface area (Å²) in [5, 5.41) is 3.95. The SMILES string of the molecule is O=C(NCCOc1ccccc1Cl)C1CCN(S(=O)(=O)Cc2ccc(Cl)cc2)CC1. The van der Waals surface area contributed by atoms with Crippen LogP contribution in [0.3, 0.4) is 0 Å². The summed E-state index contributed by atoms with van der Waals surface area (Å²) in [6.45, 7) is 1.34. The minimum Gasteiger partial charge on any atom is -0.490 e. The number of para-hydroxylation sites is 1. The van der Waals surface area contributed by atoms with E-state index in [2.05, 4.69) is 5.32 Å². The van der Waals surface area contributed by atoms with Crippen LogP contribution >= 0.6 is 23.2 Å². The van der Waals surface area contributed by atoms with Gasteiger partial charge in [-0.25, -0.2) is 12.7 Å². The summed E-state index contributed by atoms with van der Waals surface area (Å²) < 4.78 is 32.3. The first-order chi connectivity index (χ1) is 14.3. The normalized spacial score (nSPS) is 15.7. The summed E-state index contributed by atoms with van der Waals surface area (Å²) in [7, 11) is -3.43. The fourth-order valence-electron chi connectivity index (χ4n) is 3.32. The number of carbonyl (C=O) groups excluding carboxylic acids is 1. The van der Waals surface area contributed by atoms with E-state index in [-0.39, 0.29) is 17.6 Å². The molecule has 1 fully saturated rings. The molecule has 1 aliphatic heterocycles. The number of nitrogens with zero attached hydrogens (tertiary/aromatic N) is 1. The average Bonchev–Trinajstić information content (AvgIpc) is 2.74. The zero-order chi connectivity index (χ0) is 21.6. The molecular formula is C21H24Cl2N2O4S. The molecule has 0 bridgehead atoms. The highest BCUT2D eigenvalue weighted by Crippen LogP contribution is 2.24. The maximum atomic E-state index is 12.7. The van der Waals surface area contributed by atoms with Gasteiger partial charge < -0.3 is 10.1 Å². The maximum Gasteiger partial charge on any atom is 0.223 e. The van der Waals surface area contributed by atoms with Crippen molar-refractivity contribution in [3.05, 3.63) is 64.1 Å². The Hall–Kier alpha value is -1.80. The number of halogens is 2. The summed E-state index contributed by atoms with van der Waals surface area (Å²) in [6, 6.07) is 13.9. The van der Waals surface area contributed by atoms with E-state index in [4.69, 9.17) is 27.9 Å². The van der Waals surface area contributed by atoms with Crippen LogP contribution in [0.15, 0.2) is 48.5 Å². The average molecular weight is 471 g/mol. The first kappa shape index (κ1) is 22.9. The van der Waals surface area contributed by atoms with E-state index in [0.717, 1.165) is 0 Å². The van der Waals surface area contributed by atoms with E-state index < -0.39 is 10.0 Å². The van der Waals surface area contributed by atoms with E-state index in [1.807, 2.05) is 12.1 Å². The van der Waals surface area contributed by atoms with Crippen molar-refractivity contribution in [2.45, 2.75) is 18.6 Å². The van der Waals surface area contributed by atoms with Crippen LogP contribution in [0.5, 0.6) is 5.75 Å². The highest BCUT2D eigenvalue weighted by Gasteiger charge is 2.31. The van der Waals surface area contributed by atoms with E-state index in [1.54, 1.807) is 36.4 Å². The lowest BCUT2D eigenvalue weighted by atomic mass is 9.97. The minimum absolute atomic E-state index is 0.0690. The lowest BCUT2D eigenvalue weighted by Crippen LogP contribution is -2.43. The Bertz CT molecular complexity index is 959. The van der Waals surface area contributed by atoms with Gasteiger partial charge in [-0.05, 0) is 42.7 Å². The molecule has 1 amide bonds. The second kappa shape index (κ2) is 10.5. The number of hydrogen-bond acceptors (Lipinski definition) is 4. The number of sulfonamides is 1. The first-order valence-electron chi connectivity index (χ1n) is 9.72. The Morgan fingerprint density at radius 3 is 2.40 bits per heavy atom. The molecule has 0 aliphatic carbocycles. The monoisotopic (exact) mass is 470 g/mol. The number of ether oxygens (including phenoxy) is 1. The molecule has 0 aromatic heterocycles. The Morgan fingerprint density at radius 2 is 1.73 bits per heavy atom. The van der Waals surface area contributed by atoms with Crippen molar-refractivity contribution in [3.8, 4) is 5.75 Å². The van der Waals surface area contributed by atoms with Crippen molar-refractivity contribution in [1.29, 1.82) is 0 Å². The zero-order valence-corrected chi connectivity index (χ0v) is 18.7. The fourth-order valence-corrected chi connectivity index (χ4v) is 5.20. The lowest BCUT2D eigenvalue weighted by Gasteiger charge is -2.30. The smallest absolute Gasteiger partial charge is 0.223 e. The van der Waals surface area contributed by atoms with Gasteiger partial charge >= 0.3 is 0 Å². The summed E-state index contributed by atoms with van der Waals surface area (Å²) in [5.74, 6) is 0.230. The Labute approximate surface area is 187 Å². The molecule has 3 rings (SSSR count). The lowest BCUT2D eigenvalue weighted by molar-refractivity contribution is -0.126. The van der Waals surface area contributed by atoms with Crippen LogP contribution in [0.1, 0.15) is 18.4 Å². The molecule has 1 saturated heterocycles. The summed E-state index contributed by atoms with van der Waals surface area (Å²) in [4.78, 5) is 12.4. The number of carbonyl (C=O) groups is 1. The molecule has 162 valence electrons. The molecule has 30 heavy (non-hydrogen) atoms. The van der Waals surface area contributed by atoms with Gasteiger partial charge in [-0.1, -0.05) is 47.5 Å². The molecule has 2 aromatic rings. The highest BCUT2D eigenvalue weighted by molar-refractivity contribution is 7.88. The molecule has 0 unspecified atom stereocenters. The van der Waals surface area contributed by atoms with Crippen LogP contribution in [-0.4, -0.2) is 44.9 Å². The van der Waals surface area contributed by atoms with Gasteiger partial charge in [0, 0.05) is 24.0 Å². The van der Waals surface area contributed by atoms with E-state index in [1.165, 1.54) is 4.31 Å². The van der Waals surface area contributed by atoms with E-state index >= 15 is 0 Å². The Morgan fingerprint density at radius 1 is 1.07 bits per heavy atom. The second-order valence-electron chi connectivity index (χ2n) is 7.13. The summed E-state index contributed by atoms with van der Waals surface area (Å²) in [5.41, 5.74) is 0.692. The summed E-state index contributed by atoms with van der Waals surface area (Å²) >= 11 is 11.9. The van der Waals surface area contributed by atoms with Gasteiger partial charge in [0.05, 0.1) is 17.3 Å².